The third-order valence-electron chi connectivity index (χ3n) is 6.01. The summed E-state index contributed by atoms with van der Waals surface area (Å²) in [6, 6.07) is 1.77. The predicted octanol–water partition coefficient (Wildman–Crippen LogP) is 1.99. The van der Waals surface area contributed by atoms with E-state index in [0.717, 1.165) is 24.1 Å². The fraction of sp³-hybridized carbons (Fsp3) is 0.550. The molecule has 2 aromatic heterocycles. The quantitative estimate of drug-likeness (QED) is 0.752. The van der Waals surface area contributed by atoms with Crippen LogP contribution in [0.25, 0.3) is 0 Å². The van der Waals surface area contributed by atoms with E-state index < -0.39 is 0 Å². The van der Waals surface area contributed by atoms with Crippen LogP contribution in [-0.2, 0) is 19.0 Å². The Labute approximate surface area is 164 Å². The van der Waals surface area contributed by atoms with E-state index in [1.807, 2.05) is 34.6 Å². The smallest absolute Gasteiger partial charge is 0.319 e. The van der Waals surface area contributed by atoms with Gasteiger partial charge in [0, 0.05) is 64.5 Å². The fourth-order valence-corrected chi connectivity index (χ4v) is 4.53. The number of carbonyl (C=O) groups excluding carboxylic acids is 2. The predicted molar refractivity (Wildman–Crippen MR) is 103 cm³/mol. The number of urea groups is 1. The van der Waals surface area contributed by atoms with Gasteiger partial charge >= 0.3 is 6.03 Å². The molecule has 0 bridgehead atoms. The number of carbonyl (C=O) groups is 2. The van der Waals surface area contributed by atoms with Crippen LogP contribution in [0.15, 0.2) is 22.9 Å². The second kappa shape index (κ2) is 6.68. The Hall–Kier alpha value is -2.77. The monoisotopic (exact) mass is 385 g/mol. The summed E-state index contributed by atoms with van der Waals surface area (Å²) < 4.78 is 7.17. The Morgan fingerprint density at radius 2 is 1.93 bits per heavy atom. The average molecular weight is 385 g/mol. The molecule has 2 aromatic rings. The number of piperidine rings is 1. The molecule has 0 aliphatic carbocycles. The van der Waals surface area contributed by atoms with Crippen molar-refractivity contribution in [1.82, 2.24) is 24.5 Å². The molecule has 3 amide bonds. The molecule has 1 fully saturated rings. The van der Waals surface area contributed by atoms with E-state index in [-0.39, 0.29) is 17.4 Å². The van der Waals surface area contributed by atoms with E-state index >= 15 is 0 Å². The minimum absolute atomic E-state index is 0.00748. The number of aryl methyl sites for hydroxylation is 2. The molecule has 2 aliphatic rings. The van der Waals surface area contributed by atoms with Crippen molar-refractivity contribution in [2.24, 2.45) is 7.05 Å². The van der Waals surface area contributed by atoms with Crippen LogP contribution < -0.4 is 0 Å². The zero-order valence-corrected chi connectivity index (χ0v) is 16.9. The lowest BCUT2D eigenvalue weighted by molar-refractivity contribution is 0.0582. The highest BCUT2D eigenvalue weighted by atomic mass is 16.3. The third kappa shape index (κ3) is 2.96. The third-order valence-corrected chi connectivity index (χ3v) is 6.01. The average Bonchev–Trinajstić information content (AvgIpc) is 3.26. The van der Waals surface area contributed by atoms with Gasteiger partial charge in [0.25, 0.3) is 5.91 Å². The molecule has 0 N–H and O–H groups in total. The Kier molecular flexibility index (Phi) is 4.44. The molecule has 4 heterocycles. The normalized spacial score (nSPS) is 18.3. The number of hydrogen-bond donors (Lipinski definition) is 0. The lowest BCUT2D eigenvalue weighted by Crippen LogP contribution is -2.55. The Morgan fingerprint density at radius 3 is 2.54 bits per heavy atom. The van der Waals surface area contributed by atoms with Crippen molar-refractivity contribution in [3.8, 4) is 0 Å². The Balaban J connectivity index is 1.63. The molecule has 8 heteroatoms. The van der Waals surface area contributed by atoms with Gasteiger partial charge in [0.05, 0.1) is 17.5 Å². The fourth-order valence-electron chi connectivity index (χ4n) is 4.53. The topological polar surface area (TPSA) is 74.8 Å². The number of hydrogen-bond acceptors (Lipinski definition) is 4. The summed E-state index contributed by atoms with van der Waals surface area (Å²) in [5, 5.41) is 4.75. The summed E-state index contributed by atoms with van der Waals surface area (Å²) in [5.41, 5.74) is 2.57. The van der Waals surface area contributed by atoms with E-state index in [0.29, 0.717) is 37.5 Å². The number of furan rings is 1. The minimum atomic E-state index is -0.217. The van der Waals surface area contributed by atoms with Crippen LogP contribution in [-0.4, -0.2) is 70.1 Å². The lowest BCUT2D eigenvalue weighted by atomic mass is 9.72. The highest BCUT2D eigenvalue weighted by molar-refractivity contribution is 5.95. The van der Waals surface area contributed by atoms with Crippen LogP contribution in [0, 0.1) is 6.92 Å². The van der Waals surface area contributed by atoms with Crippen LogP contribution in [0.1, 0.15) is 40.2 Å². The molecule has 0 atom stereocenters. The van der Waals surface area contributed by atoms with Gasteiger partial charge in [-0.05, 0) is 25.8 Å². The summed E-state index contributed by atoms with van der Waals surface area (Å²) in [6.07, 6.45) is 5.16. The lowest BCUT2D eigenvalue weighted by Gasteiger charge is -2.46. The van der Waals surface area contributed by atoms with E-state index in [9.17, 15) is 9.59 Å². The van der Waals surface area contributed by atoms with Gasteiger partial charge in [0.1, 0.15) is 5.76 Å². The molecule has 4 rings (SSSR count). The molecule has 28 heavy (non-hydrogen) atoms. The number of fused-ring (bicyclic) bond motifs is 2. The summed E-state index contributed by atoms with van der Waals surface area (Å²) in [5.74, 6) is 0.634. The van der Waals surface area contributed by atoms with Gasteiger partial charge in [-0.3, -0.25) is 9.48 Å². The van der Waals surface area contributed by atoms with Gasteiger partial charge in [0.15, 0.2) is 0 Å². The van der Waals surface area contributed by atoms with Gasteiger partial charge in [-0.2, -0.15) is 5.10 Å². The first kappa shape index (κ1) is 18.6. The van der Waals surface area contributed by atoms with Crippen LogP contribution in [0.2, 0.25) is 0 Å². The molecule has 150 valence electrons. The van der Waals surface area contributed by atoms with Crippen LogP contribution in [0.3, 0.4) is 0 Å². The first-order valence-electron chi connectivity index (χ1n) is 9.63. The number of aromatic nitrogens is 2. The largest absolute Gasteiger partial charge is 0.469 e. The molecule has 1 spiro atoms. The van der Waals surface area contributed by atoms with Crippen molar-refractivity contribution >= 4 is 11.9 Å². The SMILES string of the molecule is Cc1occc1C(=O)N1Cc2cn(C)nc2C2(CCN(C(=O)N(C)C)CC2)C1. The first-order chi connectivity index (χ1) is 13.3. The molecule has 0 unspecified atom stereocenters. The second-order valence-electron chi connectivity index (χ2n) is 8.17. The van der Waals surface area contributed by atoms with E-state index in [2.05, 4.69) is 0 Å². The van der Waals surface area contributed by atoms with Gasteiger partial charge in [-0.1, -0.05) is 0 Å². The minimum Gasteiger partial charge on any atom is -0.469 e. The van der Waals surface area contributed by atoms with Crippen molar-refractivity contribution in [2.45, 2.75) is 31.7 Å². The van der Waals surface area contributed by atoms with E-state index in [4.69, 9.17) is 9.52 Å². The molecule has 8 nitrogen and oxygen atoms in total. The molecule has 2 aliphatic heterocycles. The van der Waals surface area contributed by atoms with E-state index in [1.165, 1.54) is 0 Å². The molecule has 1 saturated heterocycles. The van der Waals surface area contributed by atoms with E-state index in [1.54, 1.807) is 31.3 Å². The van der Waals surface area contributed by atoms with Crippen molar-refractivity contribution in [3.05, 3.63) is 41.1 Å². The van der Waals surface area contributed by atoms with Gasteiger partial charge < -0.3 is 19.1 Å². The van der Waals surface area contributed by atoms with Crippen molar-refractivity contribution in [1.29, 1.82) is 0 Å². The van der Waals surface area contributed by atoms with Crippen LogP contribution in [0.5, 0.6) is 0 Å². The second-order valence-corrected chi connectivity index (χ2v) is 8.17. The summed E-state index contributed by atoms with van der Waals surface area (Å²) in [6.45, 7) is 4.31. The van der Waals surface area contributed by atoms with Crippen LogP contribution in [0.4, 0.5) is 4.79 Å². The number of nitrogens with zero attached hydrogens (tertiary/aromatic N) is 5. The highest BCUT2D eigenvalue weighted by Gasteiger charge is 2.46. The standard InChI is InChI=1S/C20H27N5O3/c1-14-16(5-10-28-14)18(26)25-12-15-11-23(4)21-17(15)20(13-25)6-8-24(9-7-20)19(27)22(2)3/h5,10-11H,6-9,12-13H2,1-4H3. The molecule has 0 aromatic carbocycles. The van der Waals surface area contributed by atoms with Gasteiger partial charge in [0.2, 0.25) is 0 Å². The van der Waals surface area contributed by atoms with Crippen molar-refractivity contribution in [2.75, 3.05) is 33.7 Å². The maximum absolute atomic E-state index is 13.2. The Morgan fingerprint density at radius 1 is 1.21 bits per heavy atom. The Bertz CT molecular complexity index is 905. The van der Waals surface area contributed by atoms with Crippen molar-refractivity contribution in [3.63, 3.8) is 0 Å². The van der Waals surface area contributed by atoms with Gasteiger partial charge in [-0.15, -0.1) is 0 Å². The van der Waals surface area contributed by atoms with Crippen molar-refractivity contribution < 1.29 is 14.0 Å². The molecule has 0 radical (unpaired) electrons. The van der Waals surface area contributed by atoms with Crippen LogP contribution >= 0.6 is 0 Å². The van der Waals surface area contributed by atoms with Gasteiger partial charge in [-0.25, -0.2) is 4.79 Å². The highest BCUT2D eigenvalue weighted by Crippen LogP contribution is 2.41. The zero-order valence-electron chi connectivity index (χ0n) is 16.9. The maximum atomic E-state index is 13.2. The summed E-state index contributed by atoms with van der Waals surface area (Å²) in [4.78, 5) is 30.9. The molecule has 0 saturated carbocycles. The number of likely N-dealkylation sites (tertiary alicyclic amines) is 1. The zero-order chi connectivity index (χ0) is 20.1. The maximum Gasteiger partial charge on any atom is 0.319 e. The molecular weight excluding hydrogens is 358 g/mol. The number of amides is 3. The number of rotatable bonds is 1. The summed E-state index contributed by atoms with van der Waals surface area (Å²) in [7, 11) is 5.47. The summed E-state index contributed by atoms with van der Waals surface area (Å²) >= 11 is 0. The first-order valence-corrected chi connectivity index (χ1v) is 9.63. The molecular formula is C20H27N5O3.